The van der Waals surface area contributed by atoms with Crippen molar-refractivity contribution < 1.29 is 4.92 Å². The molecule has 0 aliphatic carbocycles. The molecular formula is C22H18IN6O2P. The highest BCUT2D eigenvalue weighted by Crippen LogP contribution is 2.30. The summed E-state index contributed by atoms with van der Waals surface area (Å²) >= 11 is 2.20. The summed E-state index contributed by atoms with van der Waals surface area (Å²) in [7, 11) is 0. The average Bonchev–Trinajstić information content (AvgIpc) is 3.19. The van der Waals surface area contributed by atoms with E-state index in [4.69, 9.17) is 10.8 Å². The third-order valence-electron chi connectivity index (χ3n) is 4.79. The fraction of sp³-hybridized carbons (Fsp3) is 0. The molecule has 0 radical (unpaired) electrons. The number of fused-ring (bicyclic) bond motifs is 1. The normalized spacial score (nSPS) is 12.2. The van der Waals surface area contributed by atoms with Crippen molar-refractivity contribution in [1.82, 2.24) is 9.78 Å². The van der Waals surface area contributed by atoms with Crippen LogP contribution in [0.1, 0.15) is 5.56 Å². The maximum Gasteiger partial charge on any atom is 0.271 e. The van der Waals surface area contributed by atoms with Crippen molar-refractivity contribution in [3.05, 3.63) is 94.7 Å². The van der Waals surface area contributed by atoms with Gasteiger partial charge in [0.25, 0.3) is 5.69 Å². The Labute approximate surface area is 198 Å². The number of halogens is 1. The molecule has 1 heterocycles. The monoisotopic (exact) mass is 556 g/mol. The molecule has 0 spiro atoms. The zero-order valence-corrected chi connectivity index (χ0v) is 19.8. The van der Waals surface area contributed by atoms with Gasteiger partial charge in [-0.1, -0.05) is 30.3 Å². The first-order valence-corrected chi connectivity index (χ1v) is 13.6. The predicted molar refractivity (Wildman–Crippen MR) is 140 cm³/mol. The molecule has 32 heavy (non-hydrogen) atoms. The Morgan fingerprint density at radius 3 is 2.66 bits per heavy atom. The molecule has 0 saturated carbocycles. The molecule has 0 saturated heterocycles. The number of nitrogens with two attached hydrogens (primary N) is 1. The number of nitrogens with one attached hydrogen (secondary N) is 1. The molecule has 0 fully saturated rings. The fourth-order valence-electron chi connectivity index (χ4n) is 3.28. The Morgan fingerprint density at radius 1 is 1.16 bits per heavy atom. The van der Waals surface area contributed by atoms with E-state index < -0.39 is 4.92 Å². The number of nitrogens with zero attached hydrogens (tertiary/aromatic N) is 4. The second-order valence-corrected chi connectivity index (χ2v) is 8.60. The summed E-state index contributed by atoms with van der Waals surface area (Å²) in [6, 6.07) is 22.0. The van der Waals surface area contributed by atoms with E-state index in [1.54, 1.807) is 23.0 Å². The van der Waals surface area contributed by atoms with Crippen molar-refractivity contribution in [2.75, 3.05) is 5.32 Å². The standard InChI is InChI=1S/C22H18IN6O2P/c23-32-25-14-16(13-24)15-8-10-17(11-9-15)26-22-20-6-1-2-7-21(20)28(27-22)18-4-3-5-19(12-18)29(30)31/h1-14,32H,24H2,(H,26,27)/b16-13+,25-14+. The predicted octanol–water partition coefficient (Wildman–Crippen LogP) is 5.99. The van der Waals surface area contributed by atoms with Crippen molar-refractivity contribution >= 4 is 68.3 Å². The highest BCUT2D eigenvalue weighted by molar-refractivity contribution is 14.2. The molecule has 4 aromatic rings. The number of benzene rings is 3. The van der Waals surface area contributed by atoms with Crippen LogP contribution in [0.4, 0.5) is 17.2 Å². The van der Waals surface area contributed by atoms with Crippen molar-refractivity contribution in [1.29, 1.82) is 0 Å². The Hall–Kier alpha value is -3.30. The summed E-state index contributed by atoms with van der Waals surface area (Å²) in [5, 5.41) is 20.1. The van der Waals surface area contributed by atoms with Gasteiger partial charge in [-0.15, -0.1) is 5.10 Å². The zero-order chi connectivity index (χ0) is 22.5. The minimum atomic E-state index is -0.412. The quantitative estimate of drug-likeness (QED) is 0.0955. The molecule has 0 aliphatic rings. The van der Waals surface area contributed by atoms with Gasteiger partial charge < -0.3 is 11.1 Å². The first-order chi connectivity index (χ1) is 15.6. The number of hydrogen-bond donors (Lipinski definition) is 2. The molecule has 160 valence electrons. The van der Waals surface area contributed by atoms with Gasteiger partial charge in [0, 0.05) is 41.2 Å². The smallest absolute Gasteiger partial charge is 0.271 e. The van der Waals surface area contributed by atoms with E-state index in [2.05, 4.69) is 32.1 Å². The summed E-state index contributed by atoms with van der Waals surface area (Å²) in [5.74, 6) is 0.655. The first kappa shape index (κ1) is 21.9. The van der Waals surface area contributed by atoms with Crippen LogP contribution in [0.25, 0.3) is 22.2 Å². The number of allylic oxidation sites excluding steroid dienone is 1. The summed E-state index contributed by atoms with van der Waals surface area (Å²) in [5.41, 5.74) is 9.87. The molecule has 10 heteroatoms. The molecule has 0 bridgehead atoms. The molecule has 4 rings (SSSR count). The Morgan fingerprint density at radius 2 is 1.94 bits per heavy atom. The van der Waals surface area contributed by atoms with E-state index in [1.165, 1.54) is 18.3 Å². The van der Waals surface area contributed by atoms with Gasteiger partial charge in [-0.3, -0.25) is 14.9 Å². The van der Waals surface area contributed by atoms with Crippen LogP contribution in [0.5, 0.6) is 0 Å². The van der Waals surface area contributed by atoms with Gasteiger partial charge in [-0.2, -0.15) is 0 Å². The second-order valence-electron chi connectivity index (χ2n) is 6.72. The highest BCUT2D eigenvalue weighted by atomic mass is 127. The molecule has 8 nitrogen and oxygen atoms in total. The molecule has 3 N–H and O–H groups in total. The van der Waals surface area contributed by atoms with Crippen LogP contribution in [-0.2, 0) is 0 Å². The van der Waals surface area contributed by atoms with Crippen molar-refractivity contribution in [3.63, 3.8) is 0 Å². The third kappa shape index (κ3) is 4.63. The second kappa shape index (κ2) is 9.88. The van der Waals surface area contributed by atoms with E-state index in [1.807, 2.05) is 48.5 Å². The lowest BCUT2D eigenvalue weighted by Crippen LogP contribution is -1.99. The minimum absolute atomic E-state index is 0.0163. The Kier molecular flexibility index (Phi) is 6.77. The van der Waals surface area contributed by atoms with Crippen LogP contribution >= 0.6 is 28.4 Å². The maximum atomic E-state index is 11.2. The lowest BCUT2D eigenvalue weighted by molar-refractivity contribution is -0.384. The minimum Gasteiger partial charge on any atom is -0.404 e. The largest absolute Gasteiger partial charge is 0.404 e. The van der Waals surface area contributed by atoms with Crippen LogP contribution in [-0.4, -0.2) is 20.9 Å². The lowest BCUT2D eigenvalue weighted by atomic mass is 10.1. The number of para-hydroxylation sites is 1. The van der Waals surface area contributed by atoms with E-state index in [-0.39, 0.29) is 5.69 Å². The Balaban J connectivity index is 1.68. The Bertz CT molecular complexity index is 1330. The summed E-state index contributed by atoms with van der Waals surface area (Å²) in [6.45, 7) is 0. The lowest BCUT2D eigenvalue weighted by Gasteiger charge is -2.06. The van der Waals surface area contributed by atoms with E-state index in [0.717, 1.165) is 27.7 Å². The van der Waals surface area contributed by atoms with E-state index in [0.29, 0.717) is 17.9 Å². The number of nitro benzene ring substituents is 1. The van der Waals surface area contributed by atoms with Gasteiger partial charge >= 0.3 is 0 Å². The van der Waals surface area contributed by atoms with E-state index in [9.17, 15) is 10.1 Å². The molecule has 1 atom stereocenters. The molecule has 1 unspecified atom stereocenters. The SMILES string of the molecule is N/C=C(\C=N\PI)c1ccc(Nc2nn(-c3cccc([N+](=O)[O-])c3)c3ccccc23)cc1. The number of rotatable bonds is 7. The third-order valence-corrected chi connectivity index (χ3v) is 5.85. The molecule has 1 aromatic heterocycles. The summed E-state index contributed by atoms with van der Waals surface area (Å²) < 4.78 is 5.97. The number of anilines is 2. The molecule has 0 amide bonds. The van der Waals surface area contributed by atoms with Gasteiger partial charge in [0.2, 0.25) is 0 Å². The van der Waals surface area contributed by atoms with Gasteiger partial charge in [0.15, 0.2) is 5.82 Å². The van der Waals surface area contributed by atoms with E-state index >= 15 is 0 Å². The van der Waals surface area contributed by atoms with Crippen molar-refractivity contribution in [2.45, 2.75) is 0 Å². The average molecular weight is 556 g/mol. The number of hydrogen-bond acceptors (Lipinski definition) is 6. The molecule has 0 aliphatic heterocycles. The molecular weight excluding hydrogens is 538 g/mol. The van der Waals surface area contributed by atoms with Crippen molar-refractivity contribution in [2.24, 2.45) is 10.5 Å². The summed E-state index contributed by atoms with van der Waals surface area (Å²) in [4.78, 5) is 10.8. The zero-order valence-electron chi connectivity index (χ0n) is 16.6. The van der Waals surface area contributed by atoms with Gasteiger partial charge in [0.1, 0.15) is 0 Å². The van der Waals surface area contributed by atoms with Crippen LogP contribution in [0, 0.1) is 10.1 Å². The first-order valence-electron chi connectivity index (χ1n) is 9.51. The van der Waals surface area contributed by atoms with Crippen molar-refractivity contribution in [3.8, 4) is 5.69 Å². The van der Waals surface area contributed by atoms with Crippen LogP contribution in [0.2, 0.25) is 0 Å². The van der Waals surface area contributed by atoms with Gasteiger partial charge in [-0.25, -0.2) is 4.68 Å². The fourth-order valence-corrected chi connectivity index (χ4v) is 3.89. The molecule has 3 aromatic carbocycles. The van der Waals surface area contributed by atoms with Crippen LogP contribution < -0.4 is 11.1 Å². The van der Waals surface area contributed by atoms with Gasteiger partial charge in [-0.05, 0) is 57.9 Å². The highest BCUT2D eigenvalue weighted by Gasteiger charge is 2.14. The topological polar surface area (TPSA) is 111 Å². The summed E-state index contributed by atoms with van der Waals surface area (Å²) in [6.07, 6.45) is 3.74. The van der Waals surface area contributed by atoms with Crippen LogP contribution in [0.15, 0.2) is 83.8 Å². The maximum absolute atomic E-state index is 11.2. The number of nitro groups is 1. The number of non-ortho nitro benzene ring substituents is 1. The van der Waals surface area contributed by atoms with Gasteiger partial charge in [0.05, 0.1) is 22.5 Å². The number of aromatic nitrogens is 2. The van der Waals surface area contributed by atoms with Crippen LogP contribution in [0.3, 0.4) is 0 Å².